The number of hydrogen-bond donors (Lipinski definition) is 1. The van der Waals surface area contributed by atoms with Crippen LogP contribution in [0.2, 0.25) is 0 Å². The minimum Gasteiger partial charge on any atom is -0.356 e. The first kappa shape index (κ1) is 18.8. The number of nitrogens with one attached hydrogen (secondary N) is 1. The third-order valence-electron chi connectivity index (χ3n) is 4.35. The first-order valence-electron chi connectivity index (χ1n) is 8.28. The second-order valence-electron chi connectivity index (χ2n) is 6.41. The van der Waals surface area contributed by atoms with Gasteiger partial charge < -0.3 is 10.2 Å². The second kappa shape index (κ2) is 9.06. The molecule has 0 spiro atoms. The van der Waals surface area contributed by atoms with Crippen molar-refractivity contribution in [2.45, 2.75) is 18.9 Å². The van der Waals surface area contributed by atoms with Gasteiger partial charge in [-0.3, -0.25) is 0 Å². The van der Waals surface area contributed by atoms with Gasteiger partial charge in [0.1, 0.15) is 0 Å². The van der Waals surface area contributed by atoms with Gasteiger partial charge in [0.15, 0.2) is 5.96 Å². The van der Waals surface area contributed by atoms with E-state index in [0.29, 0.717) is 12.5 Å². The van der Waals surface area contributed by atoms with E-state index in [1.54, 1.807) is 0 Å². The predicted octanol–water partition coefficient (Wildman–Crippen LogP) is 4.12. The van der Waals surface area contributed by atoms with Crippen molar-refractivity contribution in [3.8, 4) is 0 Å². The lowest BCUT2D eigenvalue weighted by Crippen LogP contribution is -2.37. The Balaban J connectivity index is 0.00000208. The van der Waals surface area contributed by atoms with Gasteiger partial charge in [0.2, 0.25) is 0 Å². The first-order valence-corrected chi connectivity index (χ1v) is 8.28. The van der Waals surface area contributed by atoms with Gasteiger partial charge in [-0.05, 0) is 29.4 Å². The van der Waals surface area contributed by atoms with Crippen LogP contribution in [0.4, 0.5) is 0 Å². The number of guanidine groups is 1. The third-order valence-corrected chi connectivity index (χ3v) is 4.35. The van der Waals surface area contributed by atoms with Crippen LogP contribution in [0.25, 0.3) is 0 Å². The van der Waals surface area contributed by atoms with E-state index >= 15 is 0 Å². The highest BCUT2D eigenvalue weighted by molar-refractivity contribution is 14.0. The third kappa shape index (κ3) is 5.23. The molecule has 0 bridgehead atoms. The summed E-state index contributed by atoms with van der Waals surface area (Å²) in [6.07, 6.45) is 1.27. The van der Waals surface area contributed by atoms with Crippen molar-refractivity contribution in [1.82, 2.24) is 10.2 Å². The van der Waals surface area contributed by atoms with Crippen molar-refractivity contribution in [1.29, 1.82) is 0 Å². The maximum atomic E-state index is 4.72. The number of benzene rings is 2. The van der Waals surface area contributed by atoms with E-state index in [0.717, 1.165) is 18.4 Å². The minimum atomic E-state index is 0. The summed E-state index contributed by atoms with van der Waals surface area (Å²) < 4.78 is 0. The maximum absolute atomic E-state index is 4.72. The van der Waals surface area contributed by atoms with Gasteiger partial charge in [0.05, 0.1) is 6.54 Å². The molecule has 0 radical (unpaired) electrons. The summed E-state index contributed by atoms with van der Waals surface area (Å²) >= 11 is 0. The van der Waals surface area contributed by atoms with Crippen LogP contribution < -0.4 is 5.32 Å². The highest BCUT2D eigenvalue weighted by Gasteiger charge is 2.37. The molecule has 0 saturated heterocycles. The fourth-order valence-corrected chi connectivity index (χ4v) is 2.91. The lowest BCUT2D eigenvalue weighted by atomic mass is 10.1. The molecule has 1 aliphatic rings. The van der Waals surface area contributed by atoms with Crippen LogP contribution in [0, 0.1) is 5.92 Å². The van der Waals surface area contributed by atoms with Gasteiger partial charge in [-0.1, -0.05) is 60.7 Å². The Bertz CT molecular complexity index is 640. The number of hydrogen-bond acceptors (Lipinski definition) is 1. The highest BCUT2D eigenvalue weighted by Crippen LogP contribution is 2.46. The smallest absolute Gasteiger partial charge is 0.193 e. The molecule has 0 heterocycles. The van der Waals surface area contributed by atoms with Crippen molar-refractivity contribution in [3.63, 3.8) is 0 Å². The summed E-state index contributed by atoms with van der Waals surface area (Å²) in [6.45, 7) is 1.71. The van der Waals surface area contributed by atoms with Crippen LogP contribution >= 0.6 is 24.0 Å². The molecular weight excluding hydrogens is 409 g/mol. The molecule has 3 rings (SSSR count). The summed E-state index contributed by atoms with van der Waals surface area (Å²) in [6, 6.07) is 21.2. The summed E-state index contributed by atoms with van der Waals surface area (Å²) in [5, 5.41) is 3.53. The van der Waals surface area contributed by atoms with Gasteiger partial charge in [0.25, 0.3) is 0 Å². The van der Waals surface area contributed by atoms with Crippen LogP contribution in [0.15, 0.2) is 65.7 Å². The predicted molar refractivity (Wildman–Crippen MR) is 112 cm³/mol. The molecule has 2 atom stereocenters. The Morgan fingerprint density at radius 2 is 1.67 bits per heavy atom. The van der Waals surface area contributed by atoms with Crippen LogP contribution in [0.1, 0.15) is 23.5 Å². The van der Waals surface area contributed by atoms with E-state index in [1.807, 2.05) is 20.2 Å². The molecule has 1 saturated carbocycles. The van der Waals surface area contributed by atoms with E-state index < -0.39 is 0 Å². The minimum absolute atomic E-state index is 0. The summed E-state index contributed by atoms with van der Waals surface area (Å²) in [5.74, 6) is 2.40. The van der Waals surface area contributed by atoms with E-state index in [-0.39, 0.29) is 24.0 Å². The van der Waals surface area contributed by atoms with Crippen LogP contribution in [-0.4, -0.2) is 31.5 Å². The molecule has 24 heavy (non-hydrogen) atoms. The lowest BCUT2D eigenvalue weighted by Gasteiger charge is -2.17. The Kier molecular flexibility index (Phi) is 7.09. The fraction of sp³-hybridized carbons (Fsp3) is 0.350. The Morgan fingerprint density at radius 1 is 1.04 bits per heavy atom. The second-order valence-corrected chi connectivity index (χ2v) is 6.41. The van der Waals surface area contributed by atoms with Crippen molar-refractivity contribution >= 4 is 29.9 Å². The average molecular weight is 435 g/mol. The molecule has 0 aromatic heterocycles. The fourth-order valence-electron chi connectivity index (χ4n) is 2.91. The zero-order valence-electron chi connectivity index (χ0n) is 14.4. The normalized spacial score (nSPS) is 19.3. The standard InChI is InChI=1S/C20H25N3.HI/c1-23(2)20(21-14-16-9-5-3-6-10-16)22-15-18-13-19(18)17-11-7-4-8-12-17;/h3-12,18-19H,13-15H2,1-2H3,(H,21,22);1H. The van der Waals surface area contributed by atoms with E-state index in [4.69, 9.17) is 4.99 Å². The van der Waals surface area contributed by atoms with Crippen LogP contribution in [0.3, 0.4) is 0 Å². The van der Waals surface area contributed by atoms with Crippen LogP contribution in [0.5, 0.6) is 0 Å². The van der Waals surface area contributed by atoms with Gasteiger partial charge in [-0.2, -0.15) is 0 Å². The average Bonchev–Trinajstić information content (AvgIpc) is 3.36. The molecule has 1 aliphatic carbocycles. The Morgan fingerprint density at radius 3 is 2.29 bits per heavy atom. The zero-order chi connectivity index (χ0) is 16.1. The maximum Gasteiger partial charge on any atom is 0.193 e. The number of aliphatic imine (C=N–C) groups is 1. The first-order chi connectivity index (χ1) is 11.2. The summed E-state index contributed by atoms with van der Waals surface area (Å²) in [7, 11) is 4.08. The van der Waals surface area contributed by atoms with Crippen molar-refractivity contribution < 1.29 is 0 Å². The SMILES string of the molecule is CN(C)C(=NCc1ccccc1)NCC1CC1c1ccccc1.I. The largest absolute Gasteiger partial charge is 0.356 e. The lowest BCUT2D eigenvalue weighted by molar-refractivity contribution is 0.570. The number of nitrogens with zero attached hydrogens (tertiary/aromatic N) is 2. The molecule has 128 valence electrons. The van der Waals surface area contributed by atoms with E-state index in [2.05, 4.69) is 64.8 Å². The number of rotatable bonds is 5. The zero-order valence-corrected chi connectivity index (χ0v) is 16.7. The molecule has 4 heteroatoms. The molecule has 2 unspecified atom stereocenters. The van der Waals surface area contributed by atoms with Gasteiger partial charge in [-0.15, -0.1) is 24.0 Å². The molecule has 1 N–H and O–H groups in total. The molecule has 1 fully saturated rings. The Hall–Kier alpha value is -1.56. The topological polar surface area (TPSA) is 27.6 Å². The van der Waals surface area contributed by atoms with Gasteiger partial charge >= 0.3 is 0 Å². The van der Waals surface area contributed by atoms with Crippen molar-refractivity contribution in [2.24, 2.45) is 10.9 Å². The molecule has 3 nitrogen and oxygen atoms in total. The molecular formula is C20H26IN3. The molecule has 2 aromatic carbocycles. The summed E-state index contributed by atoms with van der Waals surface area (Å²) in [5.41, 5.74) is 2.70. The van der Waals surface area contributed by atoms with E-state index in [9.17, 15) is 0 Å². The molecule has 2 aromatic rings. The highest BCUT2D eigenvalue weighted by atomic mass is 127. The monoisotopic (exact) mass is 435 g/mol. The van der Waals surface area contributed by atoms with Gasteiger partial charge in [-0.25, -0.2) is 4.99 Å². The number of halogens is 1. The van der Waals surface area contributed by atoms with Crippen LogP contribution in [-0.2, 0) is 6.54 Å². The van der Waals surface area contributed by atoms with Crippen molar-refractivity contribution in [2.75, 3.05) is 20.6 Å². The summed E-state index contributed by atoms with van der Waals surface area (Å²) in [4.78, 5) is 6.78. The van der Waals surface area contributed by atoms with Crippen molar-refractivity contribution in [3.05, 3.63) is 71.8 Å². The quantitative estimate of drug-likeness (QED) is 0.435. The molecule has 0 aliphatic heterocycles. The van der Waals surface area contributed by atoms with Gasteiger partial charge in [0, 0.05) is 20.6 Å². The van der Waals surface area contributed by atoms with E-state index in [1.165, 1.54) is 17.5 Å². The Labute approximate surface area is 162 Å². The molecule has 0 amide bonds.